The molecule has 0 unspecified atom stereocenters. The van der Waals surface area contributed by atoms with Crippen LogP contribution in [0.15, 0.2) is 23.6 Å². The van der Waals surface area contributed by atoms with Crippen LogP contribution in [0, 0.1) is 5.82 Å². The zero-order valence-electron chi connectivity index (χ0n) is 11.3. The average Bonchev–Trinajstić information content (AvgIpc) is 2.80. The maximum absolute atomic E-state index is 13.7. The Morgan fingerprint density at radius 1 is 1.37 bits per heavy atom. The second-order valence-electron chi connectivity index (χ2n) is 5.43. The highest BCUT2D eigenvalue weighted by Crippen LogP contribution is 2.29. The first kappa shape index (κ1) is 14.0. The number of thiazole rings is 1. The van der Waals surface area contributed by atoms with E-state index in [2.05, 4.69) is 31.1 Å². The minimum absolute atomic E-state index is 0.00587. The SMILES string of the molecule is CC(C)(C)c1csc(Nc2cc(CN)ccc2F)n1. The van der Waals surface area contributed by atoms with Crippen molar-refractivity contribution in [2.45, 2.75) is 32.7 Å². The zero-order valence-corrected chi connectivity index (χ0v) is 12.1. The third-order valence-electron chi connectivity index (χ3n) is 2.78. The monoisotopic (exact) mass is 279 g/mol. The van der Waals surface area contributed by atoms with E-state index < -0.39 is 0 Å². The molecule has 2 aromatic rings. The van der Waals surface area contributed by atoms with Crippen LogP contribution in [0.5, 0.6) is 0 Å². The van der Waals surface area contributed by atoms with Crippen molar-refractivity contribution in [3.63, 3.8) is 0 Å². The van der Waals surface area contributed by atoms with Crippen molar-refractivity contribution in [1.29, 1.82) is 0 Å². The Bertz CT molecular complexity index is 572. The molecule has 5 heteroatoms. The molecule has 0 aliphatic heterocycles. The largest absolute Gasteiger partial charge is 0.329 e. The van der Waals surface area contributed by atoms with Crippen LogP contribution in [0.2, 0.25) is 0 Å². The number of nitrogens with two attached hydrogens (primary N) is 1. The van der Waals surface area contributed by atoms with Gasteiger partial charge in [0.25, 0.3) is 0 Å². The zero-order chi connectivity index (χ0) is 14.0. The van der Waals surface area contributed by atoms with Crippen molar-refractivity contribution in [1.82, 2.24) is 4.98 Å². The van der Waals surface area contributed by atoms with Crippen LogP contribution in [0.25, 0.3) is 0 Å². The van der Waals surface area contributed by atoms with Crippen LogP contribution in [0.4, 0.5) is 15.2 Å². The van der Waals surface area contributed by atoms with E-state index in [0.717, 1.165) is 11.3 Å². The molecule has 0 amide bonds. The first-order valence-electron chi connectivity index (χ1n) is 6.11. The van der Waals surface area contributed by atoms with Crippen molar-refractivity contribution >= 4 is 22.2 Å². The normalized spacial score (nSPS) is 11.6. The first-order valence-corrected chi connectivity index (χ1v) is 6.99. The quantitative estimate of drug-likeness (QED) is 0.899. The summed E-state index contributed by atoms with van der Waals surface area (Å²) in [7, 11) is 0. The van der Waals surface area contributed by atoms with E-state index in [1.807, 2.05) is 5.38 Å². The predicted octanol–water partition coefficient (Wildman–Crippen LogP) is 3.78. The van der Waals surface area contributed by atoms with Crippen molar-refractivity contribution in [3.05, 3.63) is 40.7 Å². The van der Waals surface area contributed by atoms with E-state index in [1.165, 1.54) is 17.4 Å². The Morgan fingerprint density at radius 2 is 2.11 bits per heavy atom. The molecule has 0 radical (unpaired) electrons. The van der Waals surface area contributed by atoms with Gasteiger partial charge in [0, 0.05) is 17.3 Å². The molecule has 2 rings (SSSR count). The molecule has 0 atom stereocenters. The second-order valence-corrected chi connectivity index (χ2v) is 6.29. The fraction of sp³-hybridized carbons (Fsp3) is 0.357. The molecule has 1 aromatic heterocycles. The van der Waals surface area contributed by atoms with Gasteiger partial charge in [-0.15, -0.1) is 11.3 Å². The van der Waals surface area contributed by atoms with Gasteiger partial charge in [0.2, 0.25) is 0 Å². The Balaban J connectivity index is 2.24. The molecule has 0 spiro atoms. The smallest absolute Gasteiger partial charge is 0.187 e. The maximum Gasteiger partial charge on any atom is 0.187 e. The number of nitrogens with one attached hydrogen (secondary N) is 1. The summed E-state index contributed by atoms with van der Waals surface area (Å²) in [6.07, 6.45) is 0. The van der Waals surface area contributed by atoms with Gasteiger partial charge in [-0.3, -0.25) is 0 Å². The topological polar surface area (TPSA) is 50.9 Å². The Morgan fingerprint density at radius 3 is 2.68 bits per heavy atom. The number of halogens is 1. The van der Waals surface area contributed by atoms with Crippen molar-refractivity contribution in [2.24, 2.45) is 5.73 Å². The standard InChI is InChI=1S/C14H18FN3S/c1-14(2,3)12-8-19-13(18-12)17-11-6-9(7-16)4-5-10(11)15/h4-6,8H,7,16H2,1-3H3,(H,17,18). The average molecular weight is 279 g/mol. The maximum atomic E-state index is 13.7. The van der Waals surface area contributed by atoms with E-state index >= 15 is 0 Å². The Labute approximate surface area is 116 Å². The van der Waals surface area contributed by atoms with Crippen molar-refractivity contribution in [3.8, 4) is 0 Å². The Hall–Kier alpha value is -1.46. The minimum Gasteiger partial charge on any atom is -0.329 e. The lowest BCUT2D eigenvalue weighted by atomic mass is 9.93. The molecule has 0 saturated carbocycles. The van der Waals surface area contributed by atoms with E-state index in [9.17, 15) is 4.39 Å². The van der Waals surface area contributed by atoms with Crippen LogP contribution in [-0.2, 0) is 12.0 Å². The summed E-state index contributed by atoms with van der Waals surface area (Å²) < 4.78 is 13.7. The van der Waals surface area contributed by atoms with Gasteiger partial charge < -0.3 is 11.1 Å². The van der Waals surface area contributed by atoms with Gasteiger partial charge in [-0.2, -0.15) is 0 Å². The third kappa shape index (κ3) is 3.30. The summed E-state index contributed by atoms with van der Waals surface area (Å²) in [5, 5.41) is 5.70. The van der Waals surface area contributed by atoms with Crippen LogP contribution in [0.3, 0.4) is 0 Å². The summed E-state index contributed by atoms with van der Waals surface area (Å²) in [5.41, 5.74) is 7.85. The van der Waals surface area contributed by atoms with Crippen LogP contribution in [-0.4, -0.2) is 4.98 Å². The first-order chi connectivity index (χ1) is 8.90. The molecule has 0 aliphatic carbocycles. The van der Waals surface area contributed by atoms with Gasteiger partial charge in [-0.1, -0.05) is 26.8 Å². The number of nitrogens with zero attached hydrogens (tertiary/aromatic N) is 1. The minimum atomic E-state index is -0.301. The van der Waals surface area contributed by atoms with Gasteiger partial charge in [0.05, 0.1) is 11.4 Å². The number of aromatic nitrogens is 1. The van der Waals surface area contributed by atoms with E-state index in [0.29, 0.717) is 17.4 Å². The van der Waals surface area contributed by atoms with Gasteiger partial charge in [0.15, 0.2) is 5.13 Å². The molecule has 3 nitrogen and oxygen atoms in total. The van der Waals surface area contributed by atoms with Gasteiger partial charge in [0.1, 0.15) is 5.82 Å². The van der Waals surface area contributed by atoms with Gasteiger partial charge in [-0.05, 0) is 17.7 Å². The molecule has 0 aliphatic rings. The number of benzene rings is 1. The molecule has 0 fully saturated rings. The number of rotatable bonds is 3. The molecule has 0 saturated heterocycles. The molecule has 3 N–H and O–H groups in total. The van der Waals surface area contributed by atoms with E-state index in [4.69, 9.17) is 5.73 Å². The number of hydrogen-bond donors (Lipinski definition) is 2. The fourth-order valence-corrected chi connectivity index (χ4v) is 2.54. The number of hydrogen-bond acceptors (Lipinski definition) is 4. The molecule has 102 valence electrons. The number of anilines is 2. The predicted molar refractivity (Wildman–Crippen MR) is 78.4 cm³/mol. The molecular formula is C14H18FN3S. The third-order valence-corrected chi connectivity index (χ3v) is 3.54. The summed E-state index contributed by atoms with van der Waals surface area (Å²) in [6, 6.07) is 4.82. The molecule has 0 bridgehead atoms. The summed E-state index contributed by atoms with van der Waals surface area (Å²) in [4.78, 5) is 4.48. The summed E-state index contributed by atoms with van der Waals surface area (Å²) in [5.74, 6) is -0.301. The lowest BCUT2D eigenvalue weighted by Gasteiger charge is -2.14. The molecular weight excluding hydrogens is 261 g/mol. The summed E-state index contributed by atoms with van der Waals surface area (Å²) >= 11 is 1.47. The van der Waals surface area contributed by atoms with Gasteiger partial charge in [-0.25, -0.2) is 9.37 Å². The van der Waals surface area contributed by atoms with Crippen LogP contribution < -0.4 is 11.1 Å². The van der Waals surface area contributed by atoms with E-state index in [-0.39, 0.29) is 11.2 Å². The van der Waals surface area contributed by atoms with Crippen LogP contribution in [0.1, 0.15) is 32.0 Å². The van der Waals surface area contributed by atoms with E-state index in [1.54, 1.807) is 12.1 Å². The fourth-order valence-electron chi connectivity index (χ4n) is 1.59. The highest BCUT2D eigenvalue weighted by atomic mass is 32.1. The lowest BCUT2D eigenvalue weighted by molar-refractivity contribution is 0.573. The highest BCUT2D eigenvalue weighted by molar-refractivity contribution is 7.13. The van der Waals surface area contributed by atoms with Crippen molar-refractivity contribution < 1.29 is 4.39 Å². The van der Waals surface area contributed by atoms with Crippen LogP contribution >= 0.6 is 11.3 Å². The second kappa shape index (κ2) is 5.27. The Kier molecular flexibility index (Phi) is 3.87. The lowest BCUT2D eigenvalue weighted by Crippen LogP contribution is -2.11. The summed E-state index contributed by atoms with van der Waals surface area (Å²) in [6.45, 7) is 6.68. The molecule has 19 heavy (non-hydrogen) atoms. The highest BCUT2D eigenvalue weighted by Gasteiger charge is 2.17. The van der Waals surface area contributed by atoms with Crippen molar-refractivity contribution in [2.75, 3.05) is 5.32 Å². The molecule has 1 aromatic carbocycles. The molecule has 1 heterocycles. The van der Waals surface area contributed by atoms with Gasteiger partial charge >= 0.3 is 0 Å².